The second kappa shape index (κ2) is 9.92. The number of amides is 1. The summed E-state index contributed by atoms with van der Waals surface area (Å²) in [4.78, 5) is 23.7. The van der Waals surface area contributed by atoms with Gasteiger partial charge >= 0.3 is 5.97 Å². The van der Waals surface area contributed by atoms with Gasteiger partial charge in [0.2, 0.25) is 10.0 Å². The van der Waals surface area contributed by atoms with Crippen LogP contribution in [0.25, 0.3) is 0 Å². The van der Waals surface area contributed by atoms with E-state index in [1.807, 2.05) is 0 Å². The Morgan fingerprint density at radius 3 is 2.58 bits per heavy atom. The lowest BCUT2D eigenvalue weighted by Gasteiger charge is -2.26. The highest BCUT2D eigenvalue weighted by Crippen LogP contribution is 2.29. The number of hydrogen-bond acceptors (Lipinski definition) is 6. The Morgan fingerprint density at radius 1 is 1.16 bits per heavy atom. The third kappa shape index (κ3) is 5.52. The molecule has 0 saturated carbocycles. The van der Waals surface area contributed by atoms with E-state index in [0.717, 1.165) is 22.5 Å². The molecule has 2 aromatic carbocycles. The molecule has 8 nitrogen and oxygen atoms in total. The zero-order valence-electron chi connectivity index (χ0n) is 15.9. The van der Waals surface area contributed by atoms with Gasteiger partial charge < -0.3 is 14.8 Å². The van der Waals surface area contributed by atoms with Crippen molar-refractivity contribution in [3.8, 4) is 0 Å². The number of hydrogen-bond donors (Lipinski definition) is 1. The molecule has 2 aromatic rings. The lowest BCUT2D eigenvalue weighted by atomic mass is 10.2. The van der Waals surface area contributed by atoms with E-state index < -0.39 is 39.2 Å². The van der Waals surface area contributed by atoms with Gasteiger partial charge in [-0.15, -0.1) is 0 Å². The molecule has 0 aliphatic carbocycles. The van der Waals surface area contributed by atoms with Crippen LogP contribution < -0.4 is 5.32 Å². The predicted molar refractivity (Wildman–Crippen MR) is 111 cm³/mol. The summed E-state index contributed by atoms with van der Waals surface area (Å²) in [5.41, 5.74) is 0.0118. The first-order valence-electron chi connectivity index (χ1n) is 8.98. The van der Waals surface area contributed by atoms with E-state index in [1.54, 1.807) is 6.07 Å². The van der Waals surface area contributed by atoms with Crippen molar-refractivity contribution >= 4 is 50.8 Å². The zero-order chi connectivity index (χ0) is 22.6. The van der Waals surface area contributed by atoms with Crippen LogP contribution in [0, 0.1) is 5.82 Å². The first-order valence-corrected chi connectivity index (χ1v) is 11.2. The largest absolute Gasteiger partial charge is 0.452 e. The van der Waals surface area contributed by atoms with Crippen LogP contribution in [0.2, 0.25) is 10.0 Å². The molecule has 0 radical (unpaired) electrons. The van der Waals surface area contributed by atoms with Gasteiger partial charge in [-0.25, -0.2) is 17.6 Å². The summed E-state index contributed by atoms with van der Waals surface area (Å²) in [5, 5.41) is 2.80. The van der Waals surface area contributed by atoms with Crippen LogP contribution in [0.3, 0.4) is 0 Å². The van der Waals surface area contributed by atoms with Crippen LogP contribution in [0.15, 0.2) is 41.3 Å². The van der Waals surface area contributed by atoms with Gasteiger partial charge in [0, 0.05) is 13.1 Å². The number of nitrogens with one attached hydrogen (secondary N) is 1. The first kappa shape index (κ1) is 23.4. The van der Waals surface area contributed by atoms with Crippen LogP contribution in [0.1, 0.15) is 10.4 Å². The highest BCUT2D eigenvalue weighted by molar-refractivity contribution is 7.89. The minimum absolute atomic E-state index is 0.0721. The number of sulfonamides is 1. The second-order valence-corrected chi connectivity index (χ2v) is 9.08. The third-order valence-corrected chi connectivity index (χ3v) is 7.05. The normalized spacial score (nSPS) is 14.8. The molecule has 31 heavy (non-hydrogen) atoms. The van der Waals surface area contributed by atoms with Crippen LogP contribution in [0.5, 0.6) is 0 Å². The third-order valence-electron chi connectivity index (χ3n) is 4.31. The van der Waals surface area contributed by atoms with Crippen molar-refractivity contribution in [1.82, 2.24) is 4.31 Å². The average molecular weight is 491 g/mol. The maximum absolute atomic E-state index is 14.2. The molecule has 3 rings (SSSR count). The topological polar surface area (TPSA) is 102 Å². The number of anilines is 1. The molecule has 0 spiro atoms. The van der Waals surface area contributed by atoms with E-state index in [4.69, 9.17) is 32.7 Å². The average Bonchev–Trinajstić information content (AvgIpc) is 2.76. The Labute approximate surface area is 187 Å². The van der Waals surface area contributed by atoms with Crippen molar-refractivity contribution in [3.63, 3.8) is 0 Å². The van der Waals surface area contributed by atoms with Crippen molar-refractivity contribution in [1.29, 1.82) is 0 Å². The van der Waals surface area contributed by atoms with Gasteiger partial charge in [0.05, 0.1) is 34.5 Å². The number of carbonyl (C=O) groups is 2. The van der Waals surface area contributed by atoms with Crippen molar-refractivity contribution in [2.75, 3.05) is 38.2 Å². The van der Waals surface area contributed by atoms with E-state index >= 15 is 0 Å². The Bertz CT molecular complexity index is 1110. The number of esters is 1. The summed E-state index contributed by atoms with van der Waals surface area (Å²) in [6.07, 6.45) is 0. The number of rotatable bonds is 6. The maximum atomic E-state index is 14.2. The predicted octanol–water partition coefficient (Wildman–Crippen LogP) is 2.95. The fourth-order valence-corrected chi connectivity index (χ4v) is 4.60. The molecule has 0 unspecified atom stereocenters. The summed E-state index contributed by atoms with van der Waals surface area (Å²) in [7, 11) is -4.17. The molecule has 12 heteroatoms. The number of nitrogens with zero attached hydrogens (tertiary/aromatic N) is 1. The summed E-state index contributed by atoms with van der Waals surface area (Å²) in [6, 6.07) is 7.43. The lowest BCUT2D eigenvalue weighted by molar-refractivity contribution is -0.119. The molecule has 1 saturated heterocycles. The Morgan fingerprint density at radius 2 is 1.87 bits per heavy atom. The van der Waals surface area contributed by atoms with Gasteiger partial charge in [0.1, 0.15) is 10.7 Å². The SMILES string of the molecule is O=C(COC(=O)c1ccc(F)c(S(=O)(=O)N2CCOCC2)c1)Nc1cccc(Cl)c1Cl. The molecule has 1 aliphatic heterocycles. The number of morpholine rings is 1. The van der Waals surface area contributed by atoms with Crippen molar-refractivity contribution in [2.45, 2.75) is 4.90 Å². The van der Waals surface area contributed by atoms with E-state index in [2.05, 4.69) is 5.32 Å². The lowest BCUT2D eigenvalue weighted by Crippen LogP contribution is -2.41. The van der Waals surface area contributed by atoms with Crippen molar-refractivity contribution in [3.05, 3.63) is 57.8 Å². The fraction of sp³-hybridized carbons (Fsp3) is 0.263. The van der Waals surface area contributed by atoms with Crippen molar-refractivity contribution < 1.29 is 31.9 Å². The molecule has 166 valence electrons. The van der Waals surface area contributed by atoms with Crippen LogP contribution in [0.4, 0.5) is 10.1 Å². The smallest absolute Gasteiger partial charge is 0.338 e. The fourth-order valence-electron chi connectivity index (χ4n) is 2.76. The molecule has 1 aliphatic rings. The standard InChI is InChI=1S/C19H17Cl2FN2O6S/c20-13-2-1-3-15(18(13)21)23-17(25)11-30-19(26)12-4-5-14(22)16(10-12)31(27,28)24-6-8-29-9-7-24/h1-5,10H,6-9,11H2,(H,23,25). The van der Waals surface area contributed by atoms with Gasteiger partial charge in [-0.05, 0) is 30.3 Å². The molecule has 0 aromatic heterocycles. The quantitative estimate of drug-likeness (QED) is 0.624. The van der Waals surface area contributed by atoms with Gasteiger partial charge in [-0.1, -0.05) is 29.3 Å². The summed E-state index contributed by atoms with van der Waals surface area (Å²) >= 11 is 11.8. The Hall–Kier alpha value is -2.24. The maximum Gasteiger partial charge on any atom is 0.338 e. The first-order chi connectivity index (χ1) is 14.7. The van der Waals surface area contributed by atoms with Gasteiger partial charge in [-0.2, -0.15) is 4.31 Å². The molecule has 0 atom stereocenters. The summed E-state index contributed by atoms with van der Waals surface area (Å²) in [5.74, 6) is -2.69. The van der Waals surface area contributed by atoms with E-state index in [-0.39, 0.29) is 47.6 Å². The molecule has 1 N–H and O–H groups in total. The Kier molecular flexibility index (Phi) is 7.50. The number of benzene rings is 2. The monoisotopic (exact) mass is 490 g/mol. The summed E-state index contributed by atoms with van der Waals surface area (Å²) in [6.45, 7) is -0.154. The molecular weight excluding hydrogens is 474 g/mol. The highest BCUT2D eigenvalue weighted by atomic mass is 35.5. The van der Waals surface area contributed by atoms with E-state index in [9.17, 15) is 22.4 Å². The molecular formula is C19H17Cl2FN2O6S. The van der Waals surface area contributed by atoms with Gasteiger partial charge in [0.25, 0.3) is 5.91 Å². The second-order valence-electron chi connectivity index (χ2n) is 6.39. The minimum atomic E-state index is -4.17. The van der Waals surface area contributed by atoms with Crippen LogP contribution >= 0.6 is 23.2 Å². The number of carbonyl (C=O) groups excluding carboxylic acids is 2. The van der Waals surface area contributed by atoms with Gasteiger partial charge in [0.15, 0.2) is 6.61 Å². The molecule has 1 amide bonds. The minimum Gasteiger partial charge on any atom is -0.452 e. The zero-order valence-corrected chi connectivity index (χ0v) is 18.3. The van der Waals surface area contributed by atoms with Crippen LogP contribution in [-0.2, 0) is 24.3 Å². The van der Waals surface area contributed by atoms with Gasteiger partial charge in [-0.3, -0.25) is 4.79 Å². The Balaban J connectivity index is 1.69. The summed E-state index contributed by atoms with van der Waals surface area (Å²) < 4.78 is 50.7. The van der Waals surface area contributed by atoms with Crippen molar-refractivity contribution in [2.24, 2.45) is 0 Å². The van der Waals surface area contributed by atoms with E-state index in [0.29, 0.717) is 0 Å². The highest BCUT2D eigenvalue weighted by Gasteiger charge is 2.30. The van der Waals surface area contributed by atoms with E-state index in [1.165, 1.54) is 12.1 Å². The molecule has 1 fully saturated rings. The molecule has 1 heterocycles. The number of ether oxygens (including phenoxy) is 2. The molecule has 0 bridgehead atoms. The number of halogens is 3. The van der Waals surface area contributed by atoms with Crippen LogP contribution in [-0.4, -0.2) is 57.5 Å².